The molecule has 0 aromatic heterocycles. The van der Waals surface area contributed by atoms with Crippen molar-refractivity contribution in [3.63, 3.8) is 0 Å². The number of nitrogens with two attached hydrogens (primary N) is 1. The highest BCUT2D eigenvalue weighted by Gasteiger charge is 2.33. The number of rotatable bonds is 5. The molecule has 0 saturated carbocycles. The number of carboxylic acid groups (broad SMARTS) is 1. The van der Waals surface area contributed by atoms with E-state index in [1.807, 2.05) is 6.92 Å². The largest absolute Gasteiger partial charge is 0.481 e. The molecular weight excluding hydrogens is 236 g/mol. The lowest BCUT2D eigenvalue weighted by molar-refractivity contribution is -0.148. The molecule has 1 rings (SSSR count). The zero-order valence-corrected chi connectivity index (χ0v) is 11.0. The van der Waals surface area contributed by atoms with Crippen LogP contribution in [0.4, 0.5) is 0 Å². The van der Waals surface area contributed by atoms with Crippen LogP contribution in [0, 0.1) is 5.92 Å². The van der Waals surface area contributed by atoms with Gasteiger partial charge in [-0.05, 0) is 26.2 Å². The van der Waals surface area contributed by atoms with Crippen LogP contribution in [-0.4, -0.2) is 54.2 Å². The highest BCUT2D eigenvalue weighted by molar-refractivity contribution is 5.82. The monoisotopic (exact) mass is 258 g/mol. The Morgan fingerprint density at radius 3 is 2.72 bits per heavy atom. The van der Waals surface area contributed by atoms with Gasteiger partial charge in [0.15, 0.2) is 0 Å². The smallest absolute Gasteiger partial charge is 0.306 e. The van der Waals surface area contributed by atoms with Crippen LogP contribution in [-0.2, 0) is 14.3 Å². The average Bonchev–Trinajstić information content (AvgIpc) is 2.34. The van der Waals surface area contributed by atoms with E-state index in [2.05, 4.69) is 0 Å². The first kappa shape index (κ1) is 14.9. The second-order valence-electron chi connectivity index (χ2n) is 4.83. The van der Waals surface area contributed by atoms with Gasteiger partial charge in [0.05, 0.1) is 12.0 Å². The van der Waals surface area contributed by atoms with E-state index in [-0.39, 0.29) is 17.9 Å². The van der Waals surface area contributed by atoms with Crippen LogP contribution in [0.15, 0.2) is 0 Å². The van der Waals surface area contributed by atoms with E-state index in [1.54, 1.807) is 12.0 Å². The summed E-state index contributed by atoms with van der Waals surface area (Å²) in [6.45, 7) is 2.79. The molecule has 0 aliphatic carbocycles. The zero-order chi connectivity index (χ0) is 13.7. The molecule has 1 aliphatic rings. The van der Waals surface area contributed by atoms with Crippen LogP contribution in [0.5, 0.6) is 0 Å². The summed E-state index contributed by atoms with van der Waals surface area (Å²) in [4.78, 5) is 24.7. The molecule has 0 aromatic rings. The highest BCUT2D eigenvalue weighted by atomic mass is 16.5. The number of nitrogens with zero attached hydrogens (tertiary/aromatic N) is 1. The molecule has 1 amide bonds. The number of hydrogen-bond acceptors (Lipinski definition) is 4. The minimum absolute atomic E-state index is 0.0686. The lowest BCUT2D eigenvalue weighted by Gasteiger charge is -2.37. The Labute approximate surface area is 107 Å². The van der Waals surface area contributed by atoms with Gasteiger partial charge in [0.1, 0.15) is 0 Å². The summed E-state index contributed by atoms with van der Waals surface area (Å²) in [6, 6.07) is -0.630. The number of aliphatic carboxylic acids is 1. The lowest BCUT2D eigenvalue weighted by Crippen LogP contribution is -2.52. The SMILES string of the molecule is COCCC(N)C(=O)N1CCC(C(=O)O)CC1C. The van der Waals surface area contributed by atoms with Crippen molar-refractivity contribution in [1.29, 1.82) is 0 Å². The minimum Gasteiger partial charge on any atom is -0.481 e. The fourth-order valence-corrected chi connectivity index (χ4v) is 2.31. The van der Waals surface area contributed by atoms with Crippen molar-refractivity contribution < 1.29 is 19.4 Å². The van der Waals surface area contributed by atoms with E-state index >= 15 is 0 Å². The third-order valence-corrected chi connectivity index (χ3v) is 3.46. The molecule has 1 heterocycles. The Morgan fingerprint density at radius 2 is 2.22 bits per heavy atom. The average molecular weight is 258 g/mol. The van der Waals surface area contributed by atoms with Crippen molar-refractivity contribution in [2.75, 3.05) is 20.3 Å². The molecule has 6 heteroatoms. The molecule has 0 radical (unpaired) electrons. The molecule has 1 saturated heterocycles. The van der Waals surface area contributed by atoms with Gasteiger partial charge in [0.25, 0.3) is 0 Å². The minimum atomic E-state index is -0.780. The molecule has 18 heavy (non-hydrogen) atoms. The second-order valence-corrected chi connectivity index (χ2v) is 4.83. The molecule has 3 N–H and O–H groups in total. The fourth-order valence-electron chi connectivity index (χ4n) is 2.31. The zero-order valence-electron chi connectivity index (χ0n) is 11.0. The van der Waals surface area contributed by atoms with Crippen molar-refractivity contribution in [2.45, 2.75) is 38.3 Å². The van der Waals surface area contributed by atoms with Crippen molar-refractivity contribution in [3.8, 4) is 0 Å². The van der Waals surface area contributed by atoms with Crippen molar-refractivity contribution in [3.05, 3.63) is 0 Å². The molecule has 104 valence electrons. The van der Waals surface area contributed by atoms with Gasteiger partial charge in [-0.15, -0.1) is 0 Å². The highest BCUT2D eigenvalue weighted by Crippen LogP contribution is 2.23. The van der Waals surface area contributed by atoms with Gasteiger partial charge in [-0.2, -0.15) is 0 Å². The summed E-state index contributed by atoms with van der Waals surface area (Å²) in [7, 11) is 1.57. The molecule has 0 bridgehead atoms. The first-order valence-corrected chi connectivity index (χ1v) is 6.25. The van der Waals surface area contributed by atoms with E-state index in [0.717, 1.165) is 0 Å². The maximum absolute atomic E-state index is 12.1. The first-order valence-electron chi connectivity index (χ1n) is 6.25. The Balaban J connectivity index is 2.52. The van der Waals surface area contributed by atoms with Gasteiger partial charge in [-0.1, -0.05) is 0 Å². The number of methoxy groups -OCH3 is 1. The Morgan fingerprint density at radius 1 is 1.56 bits per heavy atom. The number of carbonyl (C=O) groups is 2. The topological polar surface area (TPSA) is 92.9 Å². The quantitative estimate of drug-likeness (QED) is 0.727. The van der Waals surface area contributed by atoms with Crippen LogP contribution in [0.25, 0.3) is 0 Å². The standard InChI is InChI=1S/C12H22N2O4/c1-8-7-9(12(16)17)3-5-14(8)11(15)10(13)4-6-18-2/h8-10H,3-7,13H2,1-2H3,(H,16,17). The number of likely N-dealkylation sites (tertiary alicyclic amines) is 1. The number of carbonyl (C=O) groups excluding carboxylic acids is 1. The fraction of sp³-hybridized carbons (Fsp3) is 0.833. The molecule has 1 fully saturated rings. The summed E-state index contributed by atoms with van der Waals surface area (Å²) < 4.78 is 4.90. The van der Waals surface area contributed by atoms with E-state index in [0.29, 0.717) is 32.4 Å². The molecule has 0 spiro atoms. The summed E-state index contributed by atoms with van der Waals surface area (Å²) >= 11 is 0. The Bertz CT molecular complexity index is 308. The van der Waals surface area contributed by atoms with Crippen LogP contribution in [0.2, 0.25) is 0 Å². The van der Waals surface area contributed by atoms with Crippen LogP contribution in [0.3, 0.4) is 0 Å². The van der Waals surface area contributed by atoms with E-state index in [4.69, 9.17) is 15.6 Å². The van der Waals surface area contributed by atoms with Gasteiger partial charge in [0, 0.05) is 26.3 Å². The van der Waals surface area contributed by atoms with Crippen molar-refractivity contribution in [2.24, 2.45) is 11.7 Å². The maximum Gasteiger partial charge on any atom is 0.306 e. The molecule has 3 unspecified atom stereocenters. The number of hydrogen-bond donors (Lipinski definition) is 2. The predicted octanol–water partition coefficient (Wildman–Crippen LogP) is 0.0619. The molecule has 3 atom stereocenters. The number of piperidine rings is 1. The van der Waals surface area contributed by atoms with E-state index in [9.17, 15) is 9.59 Å². The predicted molar refractivity (Wildman–Crippen MR) is 66.0 cm³/mol. The van der Waals surface area contributed by atoms with Crippen LogP contribution >= 0.6 is 0 Å². The van der Waals surface area contributed by atoms with Crippen molar-refractivity contribution in [1.82, 2.24) is 4.90 Å². The van der Waals surface area contributed by atoms with Crippen LogP contribution < -0.4 is 5.73 Å². The summed E-state index contributed by atoms with van der Waals surface area (Å²) in [5.74, 6) is -1.24. The van der Waals surface area contributed by atoms with E-state index in [1.165, 1.54) is 0 Å². The number of amides is 1. The number of ether oxygens (including phenoxy) is 1. The summed E-state index contributed by atoms with van der Waals surface area (Å²) in [5.41, 5.74) is 5.80. The second kappa shape index (κ2) is 6.70. The van der Waals surface area contributed by atoms with Gasteiger partial charge < -0.3 is 20.5 Å². The third kappa shape index (κ3) is 3.68. The maximum atomic E-state index is 12.1. The number of carboxylic acids is 1. The molecule has 6 nitrogen and oxygen atoms in total. The van der Waals surface area contributed by atoms with Crippen molar-refractivity contribution >= 4 is 11.9 Å². The Kier molecular flexibility index (Phi) is 5.55. The third-order valence-electron chi connectivity index (χ3n) is 3.46. The molecule has 0 aromatic carbocycles. The summed E-state index contributed by atoms with van der Waals surface area (Å²) in [5, 5.41) is 8.96. The first-order chi connectivity index (χ1) is 8.47. The van der Waals surface area contributed by atoms with Gasteiger partial charge >= 0.3 is 5.97 Å². The lowest BCUT2D eigenvalue weighted by atomic mass is 9.91. The van der Waals surface area contributed by atoms with Gasteiger partial charge in [-0.25, -0.2) is 0 Å². The van der Waals surface area contributed by atoms with Gasteiger partial charge in [-0.3, -0.25) is 9.59 Å². The van der Waals surface area contributed by atoms with Crippen LogP contribution in [0.1, 0.15) is 26.2 Å². The van der Waals surface area contributed by atoms with Gasteiger partial charge in [0.2, 0.25) is 5.91 Å². The Hall–Kier alpha value is -1.14. The normalized spacial score (nSPS) is 25.8. The summed E-state index contributed by atoms with van der Waals surface area (Å²) in [6.07, 6.45) is 1.49. The molecular formula is C12H22N2O4. The molecule has 1 aliphatic heterocycles. The van der Waals surface area contributed by atoms with E-state index < -0.39 is 12.0 Å².